The highest BCUT2D eigenvalue weighted by molar-refractivity contribution is 6.20. The molecule has 17 heavy (non-hydrogen) atoms. The lowest BCUT2D eigenvalue weighted by Crippen LogP contribution is -2.05. The molecule has 0 amide bonds. The Morgan fingerprint density at radius 2 is 2.41 bits per heavy atom. The van der Waals surface area contributed by atoms with Gasteiger partial charge in [-0.1, -0.05) is 5.10 Å². The molecular weight excluding hydrogens is 242 g/mol. The summed E-state index contributed by atoms with van der Waals surface area (Å²) in [6, 6.07) is 0.415. The van der Waals surface area contributed by atoms with Gasteiger partial charge in [0, 0.05) is 25.5 Å². The number of halogens is 1. The maximum absolute atomic E-state index is 5.81. The van der Waals surface area contributed by atoms with Crippen LogP contribution < -0.4 is 5.32 Å². The van der Waals surface area contributed by atoms with Crippen LogP contribution in [0.1, 0.15) is 24.6 Å². The van der Waals surface area contributed by atoms with Crippen molar-refractivity contribution in [1.82, 2.24) is 19.7 Å². The van der Waals surface area contributed by atoms with Gasteiger partial charge in [-0.15, -0.1) is 16.7 Å². The smallest absolute Gasteiger partial charge is 0.315 e. The van der Waals surface area contributed by atoms with Gasteiger partial charge in [0.15, 0.2) is 0 Å². The molecule has 0 aromatic carbocycles. The van der Waals surface area contributed by atoms with Crippen LogP contribution in [-0.2, 0) is 6.54 Å². The first-order valence-electron chi connectivity index (χ1n) is 5.43. The molecule has 7 heteroatoms. The van der Waals surface area contributed by atoms with Gasteiger partial charge in [-0.05, 0) is 13.3 Å². The van der Waals surface area contributed by atoms with Crippen molar-refractivity contribution >= 4 is 17.6 Å². The van der Waals surface area contributed by atoms with Crippen LogP contribution in [0, 0.1) is 0 Å². The average Bonchev–Trinajstić information content (AvgIpc) is 2.96. The third kappa shape index (κ3) is 3.45. The average molecular weight is 256 g/mol. The summed E-state index contributed by atoms with van der Waals surface area (Å²) in [6.45, 7) is 3.45. The van der Waals surface area contributed by atoms with Gasteiger partial charge in [0.05, 0.1) is 6.33 Å². The van der Waals surface area contributed by atoms with E-state index >= 15 is 0 Å². The van der Waals surface area contributed by atoms with Crippen LogP contribution in [0.4, 0.5) is 6.01 Å². The van der Waals surface area contributed by atoms with Gasteiger partial charge >= 0.3 is 6.01 Å². The predicted octanol–water partition coefficient (Wildman–Crippen LogP) is 2.07. The van der Waals surface area contributed by atoms with Crippen molar-refractivity contribution in [2.24, 2.45) is 0 Å². The largest absolute Gasteiger partial charge is 0.407 e. The molecular formula is C10H14ClN5O. The zero-order chi connectivity index (χ0) is 12.1. The van der Waals surface area contributed by atoms with Crippen LogP contribution in [0.15, 0.2) is 23.1 Å². The predicted molar refractivity (Wildman–Crippen MR) is 63.9 cm³/mol. The second-order valence-corrected chi connectivity index (χ2v) is 4.30. The van der Waals surface area contributed by atoms with E-state index in [0.29, 0.717) is 11.9 Å². The normalized spacial score (nSPS) is 12.6. The summed E-state index contributed by atoms with van der Waals surface area (Å²) in [5.41, 5.74) is 0. The van der Waals surface area contributed by atoms with Crippen LogP contribution >= 0.6 is 11.6 Å². The lowest BCUT2D eigenvalue weighted by molar-refractivity contribution is 0.504. The monoisotopic (exact) mass is 255 g/mol. The number of alkyl halides is 1. The fourth-order valence-corrected chi connectivity index (χ4v) is 1.43. The van der Waals surface area contributed by atoms with Gasteiger partial charge in [0.25, 0.3) is 0 Å². The van der Waals surface area contributed by atoms with Crippen molar-refractivity contribution in [1.29, 1.82) is 0 Å². The summed E-state index contributed by atoms with van der Waals surface area (Å²) in [6.07, 6.45) is 6.43. The number of aryl methyl sites for hydroxylation is 1. The van der Waals surface area contributed by atoms with Crippen LogP contribution in [-0.4, -0.2) is 26.3 Å². The molecule has 0 spiro atoms. The van der Waals surface area contributed by atoms with Crippen LogP contribution in [0.3, 0.4) is 0 Å². The molecule has 0 aliphatic carbocycles. The van der Waals surface area contributed by atoms with E-state index in [-0.39, 0.29) is 5.38 Å². The lowest BCUT2D eigenvalue weighted by Gasteiger charge is -2.02. The molecule has 0 radical (unpaired) electrons. The Morgan fingerprint density at radius 3 is 3.06 bits per heavy atom. The van der Waals surface area contributed by atoms with E-state index in [9.17, 15) is 0 Å². The van der Waals surface area contributed by atoms with Gasteiger partial charge in [0.2, 0.25) is 5.89 Å². The molecule has 0 bridgehead atoms. The third-order valence-corrected chi connectivity index (χ3v) is 2.40. The number of nitrogens with one attached hydrogen (secondary N) is 1. The second-order valence-electron chi connectivity index (χ2n) is 3.64. The Hall–Kier alpha value is -1.56. The maximum atomic E-state index is 5.81. The van der Waals surface area contributed by atoms with Crippen molar-refractivity contribution < 1.29 is 4.42 Å². The van der Waals surface area contributed by atoms with Crippen LogP contribution in [0.2, 0.25) is 0 Å². The molecule has 6 nitrogen and oxygen atoms in total. The molecule has 0 saturated heterocycles. The van der Waals surface area contributed by atoms with Crippen LogP contribution in [0.5, 0.6) is 0 Å². The molecule has 1 unspecified atom stereocenters. The number of aromatic nitrogens is 4. The minimum absolute atomic E-state index is 0.260. The zero-order valence-electron chi connectivity index (χ0n) is 9.51. The first-order valence-corrected chi connectivity index (χ1v) is 5.86. The highest BCUT2D eigenvalue weighted by atomic mass is 35.5. The third-order valence-electron chi connectivity index (χ3n) is 2.21. The number of anilines is 1. The molecule has 1 atom stereocenters. The fourth-order valence-electron chi connectivity index (χ4n) is 1.34. The second kappa shape index (κ2) is 5.67. The van der Waals surface area contributed by atoms with Gasteiger partial charge in [-0.2, -0.15) is 0 Å². The Kier molecular flexibility index (Phi) is 3.98. The summed E-state index contributed by atoms with van der Waals surface area (Å²) in [4.78, 5) is 3.97. The van der Waals surface area contributed by atoms with Crippen LogP contribution in [0.25, 0.3) is 0 Å². The number of nitrogens with zero attached hydrogens (tertiary/aromatic N) is 4. The van der Waals surface area contributed by atoms with E-state index in [1.807, 2.05) is 10.8 Å². The highest BCUT2D eigenvalue weighted by Crippen LogP contribution is 2.18. The Balaban J connectivity index is 1.71. The van der Waals surface area contributed by atoms with Crippen molar-refractivity contribution in [3.05, 3.63) is 24.6 Å². The number of rotatable bonds is 6. The Labute approximate surface area is 104 Å². The van der Waals surface area contributed by atoms with Gasteiger partial charge in [-0.25, -0.2) is 4.98 Å². The summed E-state index contributed by atoms with van der Waals surface area (Å²) < 4.78 is 7.31. The molecule has 2 aromatic heterocycles. The fraction of sp³-hybridized carbons (Fsp3) is 0.500. The first-order chi connectivity index (χ1) is 8.25. The Bertz CT molecular complexity index is 439. The van der Waals surface area contributed by atoms with Crippen molar-refractivity contribution in [3.63, 3.8) is 0 Å². The van der Waals surface area contributed by atoms with Crippen molar-refractivity contribution in [3.8, 4) is 0 Å². The van der Waals surface area contributed by atoms with Gasteiger partial charge in [0.1, 0.15) is 5.38 Å². The maximum Gasteiger partial charge on any atom is 0.315 e. The summed E-state index contributed by atoms with van der Waals surface area (Å²) >= 11 is 5.81. The van der Waals surface area contributed by atoms with E-state index in [2.05, 4.69) is 20.5 Å². The van der Waals surface area contributed by atoms with E-state index in [1.54, 1.807) is 19.4 Å². The van der Waals surface area contributed by atoms with Gasteiger partial charge in [-0.3, -0.25) is 0 Å². The molecule has 0 saturated carbocycles. The Morgan fingerprint density at radius 1 is 1.53 bits per heavy atom. The molecule has 2 heterocycles. The molecule has 0 aliphatic heterocycles. The molecule has 2 rings (SSSR count). The van der Waals surface area contributed by atoms with E-state index in [1.165, 1.54) is 0 Å². The summed E-state index contributed by atoms with van der Waals surface area (Å²) in [7, 11) is 0. The number of hydrogen-bond acceptors (Lipinski definition) is 5. The van der Waals surface area contributed by atoms with Gasteiger partial charge < -0.3 is 14.3 Å². The number of hydrogen-bond donors (Lipinski definition) is 1. The summed E-state index contributed by atoms with van der Waals surface area (Å²) in [5, 5.41) is 10.4. The molecule has 0 fully saturated rings. The number of imidazole rings is 1. The van der Waals surface area contributed by atoms with E-state index in [0.717, 1.165) is 19.5 Å². The molecule has 2 aromatic rings. The first kappa shape index (κ1) is 11.9. The quantitative estimate of drug-likeness (QED) is 0.632. The topological polar surface area (TPSA) is 68.8 Å². The SMILES string of the molecule is CC(Cl)c1nnc(NCCCn2ccnc2)o1. The zero-order valence-corrected chi connectivity index (χ0v) is 10.3. The van der Waals surface area contributed by atoms with E-state index in [4.69, 9.17) is 16.0 Å². The molecule has 92 valence electrons. The summed E-state index contributed by atoms with van der Waals surface area (Å²) in [5.74, 6) is 0.434. The molecule has 0 aliphatic rings. The van der Waals surface area contributed by atoms with Crippen molar-refractivity contribution in [2.75, 3.05) is 11.9 Å². The molecule has 1 N–H and O–H groups in total. The van der Waals surface area contributed by atoms with Crippen molar-refractivity contribution in [2.45, 2.75) is 25.3 Å². The lowest BCUT2D eigenvalue weighted by atomic mass is 10.4. The van der Waals surface area contributed by atoms with E-state index < -0.39 is 0 Å². The highest BCUT2D eigenvalue weighted by Gasteiger charge is 2.10. The minimum atomic E-state index is -0.260. The standard InChI is InChI=1S/C10H14ClN5O/c1-8(11)9-14-15-10(17-9)13-3-2-5-16-6-4-12-7-16/h4,6-8H,2-3,5H2,1H3,(H,13,15). The minimum Gasteiger partial charge on any atom is -0.407 e.